The average molecular weight is 300 g/mol. The fraction of sp³-hybridized carbons (Fsp3) is 0.118. The highest BCUT2D eigenvalue weighted by molar-refractivity contribution is 6.30. The number of benzene rings is 2. The fourth-order valence-electron chi connectivity index (χ4n) is 2.38. The summed E-state index contributed by atoms with van der Waals surface area (Å²) in [4.78, 5) is 15.6. The molecule has 1 aromatic heterocycles. The number of aromatic amines is 1. The summed E-state index contributed by atoms with van der Waals surface area (Å²) in [5.74, 6) is 0.788. The molecule has 0 amide bonds. The molecule has 0 saturated carbocycles. The maximum absolute atomic E-state index is 12.5. The normalized spacial score (nSPS) is 10.8. The highest BCUT2D eigenvalue weighted by Gasteiger charge is 2.13. The van der Waals surface area contributed by atoms with Crippen molar-refractivity contribution < 1.29 is 9.53 Å². The third-order valence-electron chi connectivity index (χ3n) is 3.44. The number of methoxy groups -OCH3 is 1. The molecule has 0 bridgehead atoms. The Balaban J connectivity index is 1.94. The van der Waals surface area contributed by atoms with E-state index in [1.54, 1.807) is 19.4 Å². The van der Waals surface area contributed by atoms with E-state index in [9.17, 15) is 4.79 Å². The largest absolute Gasteiger partial charge is 0.497 e. The van der Waals surface area contributed by atoms with E-state index < -0.39 is 0 Å². The summed E-state index contributed by atoms with van der Waals surface area (Å²) < 4.78 is 5.22. The molecule has 0 unspecified atom stereocenters. The molecule has 0 aliphatic rings. The van der Waals surface area contributed by atoms with Gasteiger partial charge >= 0.3 is 0 Å². The van der Waals surface area contributed by atoms with Crippen LogP contribution in [0.3, 0.4) is 0 Å². The number of hydrogen-bond donors (Lipinski definition) is 1. The van der Waals surface area contributed by atoms with E-state index >= 15 is 0 Å². The summed E-state index contributed by atoms with van der Waals surface area (Å²) in [6.07, 6.45) is 2.07. The summed E-state index contributed by atoms with van der Waals surface area (Å²) >= 11 is 5.95. The molecule has 106 valence electrons. The standard InChI is InChI=1S/C17H14ClNO2/c1-21-13-5-6-16-14(9-13)15(10-19-16)17(20)8-11-3-2-4-12(18)7-11/h2-7,9-10,19H,8H2,1H3. The van der Waals surface area contributed by atoms with Gasteiger partial charge < -0.3 is 9.72 Å². The zero-order chi connectivity index (χ0) is 14.8. The van der Waals surface area contributed by atoms with Crippen molar-refractivity contribution in [3.63, 3.8) is 0 Å². The molecule has 0 aliphatic carbocycles. The van der Waals surface area contributed by atoms with Gasteiger partial charge in [-0.05, 0) is 35.9 Å². The average Bonchev–Trinajstić information content (AvgIpc) is 2.90. The van der Waals surface area contributed by atoms with E-state index in [0.29, 0.717) is 17.0 Å². The lowest BCUT2D eigenvalue weighted by Crippen LogP contribution is -2.02. The van der Waals surface area contributed by atoms with Crippen LogP contribution in [0.25, 0.3) is 10.9 Å². The van der Waals surface area contributed by atoms with Gasteiger partial charge in [0.15, 0.2) is 5.78 Å². The van der Waals surface area contributed by atoms with Crippen molar-refractivity contribution >= 4 is 28.3 Å². The highest BCUT2D eigenvalue weighted by atomic mass is 35.5. The number of rotatable bonds is 4. The van der Waals surface area contributed by atoms with Crippen molar-refractivity contribution in [2.45, 2.75) is 6.42 Å². The topological polar surface area (TPSA) is 42.1 Å². The summed E-state index contributed by atoms with van der Waals surface area (Å²) in [6.45, 7) is 0. The smallest absolute Gasteiger partial charge is 0.169 e. The van der Waals surface area contributed by atoms with E-state index in [-0.39, 0.29) is 5.78 Å². The molecule has 0 aliphatic heterocycles. The quantitative estimate of drug-likeness (QED) is 0.732. The first-order chi connectivity index (χ1) is 10.2. The van der Waals surface area contributed by atoms with E-state index in [4.69, 9.17) is 16.3 Å². The molecule has 0 saturated heterocycles. The number of carbonyl (C=O) groups excluding carboxylic acids is 1. The Morgan fingerprint density at radius 1 is 1.24 bits per heavy atom. The maximum Gasteiger partial charge on any atom is 0.169 e. The van der Waals surface area contributed by atoms with E-state index in [2.05, 4.69) is 4.98 Å². The van der Waals surface area contributed by atoms with Gasteiger partial charge in [-0.15, -0.1) is 0 Å². The van der Waals surface area contributed by atoms with Crippen LogP contribution in [0, 0.1) is 0 Å². The van der Waals surface area contributed by atoms with Crippen LogP contribution in [-0.2, 0) is 6.42 Å². The Morgan fingerprint density at radius 2 is 2.10 bits per heavy atom. The first kappa shape index (κ1) is 13.7. The van der Waals surface area contributed by atoms with E-state index in [1.165, 1.54) is 0 Å². The monoisotopic (exact) mass is 299 g/mol. The Morgan fingerprint density at radius 3 is 2.86 bits per heavy atom. The zero-order valence-electron chi connectivity index (χ0n) is 11.5. The number of hydrogen-bond acceptors (Lipinski definition) is 2. The van der Waals surface area contributed by atoms with Gasteiger partial charge in [-0.1, -0.05) is 23.7 Å². The van der Waals surface area contributed by atoms with Crippen LogP contribution in [0.1, 0.15) is 15.9 Å². The van der Waals surface area contributed by atoms with Crippen molar-refractivity contribution in [2.75, 3.05) is 7.11 Å². The molecular weight excluding hydrogens is 286 g/mol. The molecular formula is C17H14ClNO2. The van der Waals surface area contributed by atoms with Crippen LogP contribution in [0.2, 0.25) is 5.02 Å². The van der Waals surface area contributed by atoms with E-state index in [1.807, 2.05) is 36.4 Å². The predicted octanol–water partition coefficient (Wildman–Crippen LogP) is 4.26. The summed E-state index contributed by atoms with van der Waals surface area (Å²) in [5.41, 5.74) is 2.50. The number of H-pyrrole nitrogens is 1. The van der Waals surface area contributed by atoms with Gasteiger partial charge in [0.25, 0.3) is 0 Å². The van der Waals surface area contributed by atoms with Crippen LogP contribution in [0.5, 0.6) is 5.75 Å². The number of fused-ring (bicyclic) bond motifs is 1. The van der Waals surface area contributed by atoms with Crippen LogP contribution in [0.4, 0.5) is 0 Å². The first-order valence-electron chi connectivity index (χ1n) is 6.60. The number of halogens is 1. The lowest BCUT2D eigenvalue weighted by Gasteiger charge is -2.03. The first-order valence-corrected chi connectivity index (χ1v) is 6.98. The molecule has 0 spiro atoms. The predicted molar refractivity (Wildman–Crippen MR) is 84.3 cm³/mol. The van der Waals surface area contributed by atoms with E-state index in [0.717, 1.165) is 22.2 Å². The van der Waals surface area contributed by atoms with Gasteiger partial charge in [-0.3, -0.25) is 4.79 Å². The minimum atomic E-state index is 0.0526. The second-order valence-electron chi connectivity index (χ2n) is 4.84. The molecule has 0 radical (unpaired) electrons. The Kier molecular flexibility index (Phi) is 3.67. The van der Waals surface area contributed by atoms with Gasteiger partial charge in [-0.2, -0.15) is 0 Å². The van der Waals surface area contributed by atoms with Crippen molar-refractivity contribution in [2.24, 2.45) is 0 Å². The minimum Gasteiger partial charge on any atom is -0.497 e. The van der Waals surface area contributed by atoms with Gasteiger partial charge in [0.1, 0.15) is 5.75 Å². The second-order valence-corrected chi connectivity index (χ2v) is 5.28. The van der Waals surface area contributed by atoms with Crippen LogP contribution in [0.15, 0.2) is 48.7 Å². The number of carbonyl (C=O) groups is 1. The number of aromatic nitrogens is 1. The molecule has 3 aromatic rings. The number of ether oxygens (including phenoxy) is 1. The van der Waals surface area contributed by atoms with Gasteiger partial charge in [0, 0.05) is 34.1 Å². The minimum absolute atomic E-state index is 0.0526. The lowest BCUT2D eigenvalue weighted by molar-refractivity contribution is 0.0994. The third-order valence-corrected chi connectivity index (χ3v) is 3.68. The Labute approximate surface area is 127 Å². The molecule has 0 fully saturated rings. The molecule has 4 heteroatoms. The highest BCUT2D eigenvalue weighted by Crippen LogP contribution is 2.25. The summed E-state index contributed by atoms with van der Waals surface area (Å²) in [5, 5.41) is 1.52. The van der Waals surface area contributed by atoms with Crippen molar-refractivity contribution in [3.8, 4) is 5.75 Å². The van der Waals surface area contributed by atoms with Crippen LogP contribution >= 0.6 is 11.6 Å². The number of nitrogens with one attached hydrogen (secondary N) is 1. The Hall–Kier alpha value is -2.26. The Bertz CT molecular complexity index is 807. The van der Waals surface area contributed by atoms with Crippen molar-refractivity contribution in [1.29, 1.82) is 0 Å². The molecule has 3 nitrogen and oxygen atoms in total. The summed E-state index contributed by atoms with van der Waals surface area (Å²) in [7, 11) is 1.61. The maximum atomic E-state index is 12.5. The molecule has 1 heterocycles. The fourth-order valence-corrected chi connectivity index (χ4v) is 2.60. The van der Waals surface area contributed by atoms with Crippen LogP contribution in [-0.4, -0.2) is 17.9 Å². The molecule has 0 atom stereocenters. The molecule has 3 rings (SSSR count). The number of ketones is 1. The third kappa shape index (κ3) is 2.78. The number of Topliss-reactive ketones (excluding diaryl/α,β-unsaturated/α-hetero) is 1. The zero-order valence-corrected chi connectivity index (χ0v) is 12.3. The second kappa shape index (κ2) is 5.62. The van der Waals surface area contributed by atoms with Crippen molar-refractivity contribution in [3.05, 3.63) is 64.8 Å². The van der Waals surface area contributed by atoms with Crippen LogP contribution < -0.4 is 4.74 Å². The SMILES string of the molecule is COc1ccc2[nH]cc(C(=O)Cc3cccc(Cl)c3)c2c1. The summed E-state index contributed by atoms with van der Waals surface area (Å²) in [6, 6.07) is 13.0. The lowest BCUT2D eigenvalue weighted by atomic mass is 10.0. The molecule has 2 aromatic carbocycles. The molecule has 1 N–H and O–H groups in total. The van der Waals surface area contributed by atoms with Crippen molar-refractivity contribution in [1.82, 2.24) is 4.98 Å². The van der Waals surface area contributed by atoms with Gasteiger partial charge in [0.2, 0.25) is 0 Å². The molecule has 21 heavy (non-hydrogen) atoms. The van der Waals surface area contributed by atoms with Gasteiger partial charge in [0.05, 0.1) is 7.11 Å². The van der Waals surface area contributed by atoms with Gasteiger partial charge in [-0.25, -0.2) is 0 Å².